The Kier molecular flexibility index (Phi) is 6.45. The highest BCUT2D eigenvalue weighted by Gasteiger charge is 2.45. The second-order valence-corrected chi connectivity index (χ2v) is 7.59. The minimum Gasteiger partial charge on any atom is -0.394 e. The van der Waals surface area contributed by atoms with Crippen LogP contribution in [0.1, 0.15) is 47.9 Å². The van der Waals surface area contributed by atoms with Gasteiger partial charge in [0.1, 0.15) is 0 Å². The molecule has 2 aromatic carbocycles. The van der Waals surface area contributed by atoms with Crippen LogP contribution in [0, 0.1) is 5.92 Å². The summed E-state index contributed by atoms with van der Waals surface area (Å²) in [5.74, 6) is -5.21. The maximum atomic E-state index is 14.1. The highest BCUT2D eigenvalue weighted by atomic mass is 19.4. The van der Waals surface area contributed by atoms with Gasteiger partial charge in [-0.05, 0) is 35.6 Å². The Morgan fingerprint density at radius 2 is 1.83 bits per heavy atom. The van der Waals surface area contributed by atoms with Gasteiger partial charge in [-0.1, -0.05) is 42.5 Å². The Morgan fingerprint density at radius 1 is 1.13 bits per heavy atom. The van der Waals surface area contributed by atoms with Crippen molar-refractivity contribution in [1.82, 2.24) is 5.32 Å². The molecular weight excluding hydrogens is 405 g/mol. The van der Waals surface area contributed by atoms with Gasteiger partial charge in [-0.25, -0.2) is 8.78 Å². The molecule has 3 rings (SSSR count). The summed E-state index contributed by atoms with van der Waals surface area (Å²) in [6.45, 7) is -0.661. The first kappa shape index (κ1) is 22.2. The van der Waals surface area contributed by atoms with Crippen molar-refractivity contribution in [2.45, 2.75) is 43.3 Å². The van der Waals surface area contributed by atoms with E-state index in [0.717, 1.165) is 17.7 Å². The molecule has 0 bridgehead atoms. The van der Waals surface area contributed by atoms with Crippen molar-refractivity contribution in [2.75, 3.05) is 6.61 Å². The van der Waals surface area contributed by atoms with Gasteiger partial charge in [-0.15, -0.1) is 0 Å². The molecule has 1 aliphatic carbocycles. The van der Waals surface area contributed by atoms with Crippen LogP contribution in [0.3, 0.4) is 0 Å². The van der Waals surface area contributed by atoms with Crippen molar-refractivity contribution < 1.29 is 31.9 Å². The van der Waals surface area contributed by atoms with Crippen molar-refractivity contribution in [3.05, 3.63) is 71.3 Å². The number of rotatable bonds is 5. The number of aliphatic hydroxyl groups is 1. The summed E-state index contributed by atoms with van der Waals surface area (Å²) >= 11 is 0. The number of hydrogen-bond donors (Lipinski definition) is 2. The summed E-state index contributed by atoms with van der Waals surface area (Å²) in [4.78, 5) is 12.9. The van der Waals surface area contributed by atoms with Crippen molar-refractivity contribution in [3.8, 4) is 0 Å². The number of aliphatic hydroxyl groups excluding tert-OH is 1. The van der Waals surface area contributed by atoms with E-state index in [2.05, 4.69) is 5.32 Å². The maximum absolute atomic E-state index is 14.1. The van der Waals surface area contributed by atoms with E-state index < -0.39 is 54.5 Å². The van der Waals surface area contributed by atoms with Crippen LogP contribution in [-0.4, -0.2) is 23.5 Å². The first-order valence-corrected chi connectivity index (χ1v) is 9.62. The fraction of sp³-hybridized carbons (Fsp3) is 0.409. The van der Waals surface area contributed by atoms with Crippen LogP contribution in [0.4, 0.5) is 22.0 Å². The van der Waals surface area contributed by atoms with E-state index in [1.165, 1.54) is 12.1 Å². The molecule has 3 nitrogen and oxygen atoms in total. The molecule has 1 aliphatic rings. The van der Waals surface area contributed by atoms with E-state index in [0.29, 0.717) is 0 Å². The molecule has 8 heteroatoms. The highest BCUT2D eigenvalue weighted by molar-refractivity contribution is 5.80. The summed E-state index contributed by atoms with van der Waals surface area (Å²) in [6, 6.07) is 12.0. The summed E-state index contributed by atoms with van der Waals surface area (Å²) < 4.78 is 67.1. The van der Waals surface area contributed by atoms with Crippen LogP contribution in [-0.2, 0) is 11.0 Å². The van der Waals surface area contributed by atoms with Crippen LogP contribution in [0.15, 0.2) is 54.6 Å². The quantitative estimate of drug-likeness (QED) is 0.655. The molecule has 1 amide bonds. The summed E-state index contributed by atoms with van der Waals surface area (Å²) in [6.07, 6.45) is -5.46. The number of nitrogens with one attached hydrogen (secondary N) is 1. The third kappa shape index (κ3) is 5.16. The van der Waals surface area contributed by atoms with Gasteiger partial charge in [0.15, 0.2) is 0 Å². The van der Waals surface area contributed by atoms with Gasteiger partial charge >= 0.3 is 6.18 Å². The predicted molar refractivity (Wildman–Crippen MR) is 101 cm³/mol. The number of benzene rings is 2. The van der Waals surface area contributed by atoms with Crippen molar-refractivity contribution in [3.63, 3.8) is 0 Å². The lowest BCUT2D eigenvalue weighted by atomic mass is 9.73. The fourth-order valence-electron chi connectivity index (χ4n) is 3.95. The molecular formula is C22H22F5NO2. The standard InChI is InChI=1S/C22H22F5NO2/c23-21(24)10-9-17(14-5-2-1-3-6-14)18(12-21)20(30)28-19(13-29)15-7-4-8-16(11-15)22(25,26)27/h1-8,11,17-19,29H,9-10,12-13H2,(H,28,30)/t17-,18+,19+/m1/s1. The van der Waals surface area contributed by atoms with E-state index in [4.69, 9.17) is 0 Å². The van der Waals surface area contributed by atoms with Gasteiger partial charge in [0.2, 0.25) is 11.8 Å². The Morgan fingerprint density at radius 3 is 2.47 bits per heavy atom. The number of carbonyl (C=O) groups excluding carboxylic acids is 1. The lowest BCUT2D eigenvalue weighted by Crippen LogP contribution is -2.43. The van der Waals surface area contributed by atoms with Crippen LogP contribution in [0.5, 0.6) is 0 Å². The van der Waals surface area contributed by atoms with Crippen LogP contribution < -0.4 is 5.32 Å². The topological polar surface area (TPSA) is 49.3 Å². The SMILES string of the molecule is O=C(N[C@@H](CO)c1cccc(C(F)(F)F)c1)[C@H]1CC(F)(F)CC[C@@H]1c1ccccc1. The third-order valence-electron chi connectivity index (χ3n) is 5.51. The third-order valence-corrected chi connectivity index (χ3v) is 5.51. The Bertz CT molecular complexity index is 869. The van der Waals surface area contributed by atoms with Crippen LogP contribution in [0.2, 0.25) is 0 Å². The normalized spacial score (nSPS) is 22.3. The predicted octanol–water partition coefficient (Wildman–Crippen LogP) is 5.07. The molecule has 2 N–H and O–H groups in total. The van der Waals surface area contributed by atoms with E-state index in [-0.39, 0.29) is 18.4 Å². The molecule has 162 valence electrons. The molecule has 0 aliphatic heterocycles. The van der Waals surface area contributed by atoms with Crippen molar-refractivity contribution >= 4 is 5.91 Å². The monoisotopic (exact) mass is 427 g/mol. The Labute approximate surface area is 170 Å². The molecule has 0 spiro atoms. The van der Waals surface area contributed by atoms with E-state index in [9.17, 15) is 31.9 Å². The Balaban J connectivity index is 1.83. The molecule has 0 saturated heterocycles. The van der Waals surface area contributed by atoms with Gasteiger partial charge in [0, 0.05) is 12.8 Å². The fourth-order valence-corrected chi connectivity index (χ4v) is 3.95. The zero-order valence-electron chi connectivity index (χ0n) is 16.0. The number of carbonyl (C=O) groups is 1. The van der Waals surface area contributed by atoms with Crippen LogP contribution >= 0.6 is 0 Å². The van der Waals surface area contributed by atoms with E-state index in [1.807, 2.05) is 0 Å². The molecule has 2 aromatic rings. The second-order valence-electron chi connectivity index (χ2n) is 7.59. The van der Waals surface area contributed by atoms with Crippen molar-refractivity contribution in [1.29, 1.82) is 0 Å². The van der Waals surface area contributed by atoms with Gasteiger partial charge in [0.05, 0.1) is 24.1 Å². The molecule has 1 saturated carbocycles. The Hall–Kier alpha value is -2.48. The number of halogens is 5. The molecule has 0 unspecified atom stereocenters. The highest BCUT2D eigenvalue weighted by Crippen LogP contribution is 2.45. The van der Waals surface area contributed by atoms with Gasteiger partial charge in [-0.3, -0.25) is 4.79 Å². The number of amides is 1. The first-order chi connectivity index (χ1) is 14.1. The molecule has 3 atom stereocenters. The lowest BCUT2D eigenvalue weighted by Gasteiger charge is -2.36. The molecule has 0 aromatic heterocycles. The summed E-state index contributed by atoms with van der Waals surface area (Å²) in [5.41, 5.74) is -0.105. The minimum atomic E-state index is -4.58. The van der Waals surface area contributed by atoms with Gasteiger partial charge < -0.3 is 10.4 Å². The molecule has 0 radical (unpaired) electrons. The second kappa shape index (κ2) is 8.71. The summed E-state index contributed by atoms with van der Waals surface area (Å²) in [5, 5.41) is 12.1. The molecule has 0 heterocycles. The smallest absolute Gasteiger partial charge is 0.394 e. The lowest BCUT2D eigenvalue weighted by molar-refractivity contribution is -0.137. The largest absolute Gasteiger partial charge is 0.416 e. The minimum absolute atomic E-state index is 0.0551. The van der Waals surface area contributed by atoms with Crippen LogP contribution in [0.25, 0.3) is 0 Å². The zero-order valence-corrected chi connectivity index (χ0v) is 16.0. The molecule has 30 heavy (non-hydrogen) atoms. The van der Waals surface area contributed by atoms with Gasteiger partial charge in [0.25, 0.3) is 0 Å². The average molecular weight is 427 g/mol. The number of alkyl halides is 5. The summed E-state index contributed by atoms with van der Waals surface area (Å²) in [7, 11) is 0. The average Bonchev–Trinajstić information content (AvgIpc) is 2.71. The zero-order chi connectivity index (χ0) is 21.9. The number of hydrogen-bond acceptors (Lipinski definition) is 2. The van der Waals surface area contributed by atoms with E-state index in [1.54, 1.807) is 30.3 Å². The maximum Gasteiger partial charge on any atom is 0.416 e. The molecule has 1 fully saturated rings. The first-order valence-electron chi connectivity index (χ1n) is 9.62. The van der Waals surface area contributed by atoms with Gasteiger partial charge in [-0.2, -0.15) is 13.2 Å². The van der Waals surface area contributed by atoms with E-state index >= 15 is 0 Å². The van der Waals surface area contributed by atoms with Crippen molar-refractivity contribution in [2.24, 2.45) is 5.92 Å².